The lowest BCUT2D eigenvalue weighted by molar-refractivity contribution is -0.113. The molecular formula is C24H23N5OS. The van der Waals surface area contributed by atoms with E-state index >= 15 is 0 Å². The van der Waals surface area contributed by atoms with Crippen molar-refractivity contribution in [1.29, 1.82) is 0 Å². The first-order valence-electron chi connectivity index (χ1n) is 10.1. The number of carbonyl (C=O) groups excluding carboxylic acids is 1. The van der Waals surface area contributed by atoms with E-state index in [9.17, 15) is 4.79 Å². The molecule has 31 heavy (non-hydrogen) atoms. The van der Waals surface area contributed by atoms with Crippen molar-refractivity contribution in [2.45, 2.75) is 25.4 Å². The molecule has 2 heterocycles. The van der Waals surface area contributed by atoms with Crippen molar-refractivity contribution in [3.05, 3.63) is 84.2 Å². The lowest BCUT2D eigenvalue weighted by Crippen LogP contribution is -2.14. The minimum absolute atomic E-state index is 0.0847. The highest BCUT2D eigenvalue weighted by molar-refractivity contribution is 7.99. The van der Waals surface area contributed by atoms with Crippen LogP contribution in [0.2, 0.25) is 0 Å². The van der Waals surface area contributed by atoms with Crippen LogP contribution in [0.5, 0.6) is 0 Å². The molecule has 4 aromatic rings. The highest BCUT2D eigenvalue weighted by Gasteiger charge is 2.17. The van der Waals surface area contributed by atoms with Crippen LogP contribution in [0, 0.1) is 6.92 Å². The van der Waals surface area contributed by atoms with Gasteiger partial charge < -0.3 is 5.32 Å². The zero-order chi connectivity index (χ0) is 21.6. The van der Waals surface area contributed by atoms with Crippen LogP contribution in [0.4, 0.5) is 5.69 Å². The van der Waals surface area contributed by atoms with Gasteiger partial charge in [0.2, 0.25) is 5.91 Å². The largest absolute Gasteiger partial charge is 0.325 e. The van der Waals surface area contributed by atoms with Gasteiger partial charge in [-0.05, 0) is 60.9 Å². The first-order chi connectivity index (χ1) is 15.1. The Labute approximate surface area is 185 Å². The molecule has 156 valence electrons. The molecule has 1 N–H and O–H groups in total. The molecule has 0 unspecified atom stereocenters. The highest BCUT2D eigenvalue weighted by Crippen LogP contribution is 2.28. The molecule has 2 aromatic heterocycles. The summed E-state index contributed by atoms with van der Waals surface area (Å²) in [5.74, 6) is 0.861. The van der Waals surface area contributed by atoms with Crippen LogP contribution in [0.3, 0.4) is 0 Å². The van der Waals surface area contributed by atoms with Gasteiger partial charge in [0, 0.05) is 29.3 Å². The molecular weight excluding hydrogens is 406 g/mol. The molecule has 0 saturated heterocycles. The number of nitrogens with zero attached hydrogens (tertiary/aromatic N) is 4. The number of benzene rings is 2. The van der Waals surface area contributed by atoms with Gasteiger partial charge in [-0.15, -0.1) is 10.2 Å². The maximum atomic E-state index is 12.5. The summed E-state index contributed by atoms with van der Waals surface area (Å²) in [4.78, 5) is 16.6. The number of rotatable bonds is 7. The maximum absolute atomic E-state index is 12.5. The Bertz CT molecular complexity index is 1170. The Balaban J connectivity index is 1.56. The summed E-state index contributed by atoms with van der Waals surface area (Å²) < 4.78 is 1.98. The van der Waals surface area contributed by atoms with Gasteiger partial charge in [0.1, 0.15) is 0 Å². The Hall–Kier alpha value is -3.45. The van der Waals surface area contributed by atoms with Crippen molar-refractivity contribution < 1.29 is 4.79 Å². The second kappa shape index (κ2) is 9.57. The number of carbonyl (C=O) groups is 1. The fraction of sp³-hybridized carbons (Fsp3) is 0.167. The van der Waals surface area contributed by atoms with Crippen LogP contribution in [0.1, 0.15) is 18.1 Å². The standard InChI is InChI=1S/C24H23N5OS/c1-3-18-7-9-20(10-8-18)26-22(30)16-31-24-28-27-23(19-11-13-25-14-12-19)29(24)21-6-4-5-17(2)15-21/h4-15H,3,16H2,1-2H3,(H,26,30). The summed E-state index contributed by atoms with van der Waals surface area (Å²) in [6, 6.07) is 19.8. The quantitative estimate of drug-likeness (QED) is 0.422. The highest BCUT2D eigenvalue weighted by atomic mass is 32.2. The Morgan fingerprint density at radius 3 is 2.52 bits per heavy atom. The fourth-order valence-corrected chi connectivity index (χ4v) is 3.95. The van der Waals surface area contributed by atoms with Crippen molar-refractivity contribution in [2.75, 3.05) is 11.1 Å². The average Bonchev–Trinajstić information content (AvgIpc) is 3.23. The summed E-state index contributed by atoms with van der Waals surface area (Å²) >= 11 is 1.36. The van der Waals surface area contributed by atoms with Gasteiger partial charge in [0.05, 0.1) is 5.75 Å². The Kier molecular flexibility index (Phi) is 6.43. The van der Waals surface area contributed by atoms with Crippen LogP contribution in [-0.4, -0.2) is 31.4 Å². The molecule has 0 bridgehead atoms. The molecule has 7 heteroatoms. The summed E-state index contributed by atoms with van der Waals surface area (Å²) in [7, 11) is 0. The number of pyridine rings is 1. The van der Waals surface area contributed by atoms with Crippen molar-refractivity contribution in [3.63, 3.8) is 0 Å². The topological polar surface area (TPSA) is 72.7 Å². The summed E-state index contributed by atoms with van der Waals surface area (Å²) in [6.07, 6.45) is 4.43. The zero-order valence-electron chi connectivity index (χ0n) is 17.4. The number of aromatic nitrogens is 4. The molecule has 0 fully saturated rings. The lowest BCUT2D eigenvalue weighted by atomic mass is 10.1. The van der Waals surface area contributed by atoms with Gasteiger partial charge in [-0.1, -0.05) is 43.0 Å². The maximum Gasteiger partial charge on any atom is 0.234 e. The number of nitrogens with one attached hydrogen (secondary N) is 1. The minimum atomic E-state index is -0.0847. The van der Waals surface area contributed by atoms with Crippen LogP contribution in [0.15, 0.2) is 78.2 Å². The smallest absolute Gasteiger partial charge is 0.234 e. The third-order valence-corrected chi connectivity index (χ3v) is 5.74. The number of hydrogen-bond donors (Lipinski definition) is 1. The van der Waals surface area contributed by atoms with Gasteiger partial charge >= 0.3 is 0 Å². The zero-order valence-corrected chi connectivity index (χ0v) is 18.3. The van der Waals surface area contributed by atoms with Crippen molar-refractivity contribution >= 4 is 23.4 Å². The Morgan fingerprint density at radius 2 is 1.81 bits per heavy atom. The van der Waals surface area contributed by atoms with Crippen molar-refractivity contribution in [1.82, 2.24) is 19.7 Å². The molecule has 4 rings (SSSR count). The second-order valence-electron chi connectivity index (χ2n) is 7.10. The number of aryl methyl sites for hydroxylation is 2. The van der Waals surface area contributed by atoms with Gasteiger partial charge in [0.25, 0.3) is 0 Å². The molecule has 0 saturated carbocycles. The molecule has 2 aromatic carbocycles. The molecule has 0 aliphatic carbocycles. The third kappa shape index (κ3) is 5.00. The van der Waals surface area contributed by atoms with E-state index < -0.39 is 0 Å². The van der Waals surface area contributed by atoms with Crippen LogP contribution in [0.25, 0.3) is 17.1 Å². The fourth-order valence-electron chi connectivity index (χ4n) is 3.20. The predicted molar refractivity (Wildman–Crippen MR) is 125 cm³/mol. The van der Waals surface area contributed by atoms with Gasteiger partial charge in [-0.3, -0.25) is 14.3 Å². The first-order valence-corrected chi connectivity index (χ1v) is 11.1. The van der Waals surface area contributed by atoms with E-state index in [1.165, 1.54) is 17.3 Å². The SMILES string of the molecule is CCc1ccc(NC(=O)CSc2nnc(-c3ccncc3)n2-c2cccc(C)c2)cc1. The molecule has 1 amide bonds. The third-order valence-electron chi connectivity index (χ3n) is 4.81. The normalized spacial score (nSPS) is 10.8. The Morgan fingerprint density at radius 1 is 1.03 bits per heavy atom. The molecule has 0 radical (unpaired) electrons. The summed E-state index contributed by atoms with van der Waals surface area (Å²) in [5, 5.41) is 12.4. The van der Waals surface area contributed by atoms with Gasteiger partial charge in [-0.2, -0.15) is 0 Å². The molecule has 0 aliphatic rings. The van der Waals surface area contributed by atoms with E-state index in [0.29, 0.717) is 11.0 Å². The van der Waals surface area contributed by atoms with Crippen LogP contribution < -0.4 is 5.32 Å². The summed E-state index contributed by atoms with van der Waals surface area (Å²) in [6.45, 7) is 4.15. The summed E-state index contributed by atoms with van der Waals surface area (Å²) in [5.41, 5.74) is 5.03. The van der Waals surface area contributed by atoms with E-state index in [2.05, 4.69) is 33.5 Å². The molecule has 0 aliphatic heterocycles. The number of thioether (sulfide) groups is 1. The van der Waals surface area contributed by atoms with Crippen LogP contribution in [-0.2, 0) is 11.2 Å². The average molecular weight is 430 g/mol. The van der Waals surface area contributed by atoms with Gasteiger partial charge in [0.15, 0.2) is 11.0 Å². The number of amides is 1. The number of anilines is 1. The first kappa shape index (κ1) is 20.8. The van der Waals surface area contributed by atoms with E-state index in [0.717, 1.165) is 28.9 Å². The van der Waals surface area contributed by atoms with E-state index in [-0.39, 0.29) is 11.7 Å². The van der Waals surface area contributed by atoms with Crippen LogP contribution >= 0.6 is 11.8 Å². The van der Waals surface area contributed by atoms with Crippen molar-refractivity contribution in [2.24, 2.45) is 0 Å². The molecule has 6 nitrogen and oxygen atoms in total. The molecule has 0 atom stereocenters. The molecule has 0 spiro atoms. The van der Waals surface area contributed by atoms with E-state index in [4.69, 9.17) is 0 Å². The predicted octanol–water partition coefficient (Wildman–Crippen LogP) is 4.93. The van der Waals surface area contributed by atoms with E-state index in [1.807, 2.05) is 66.1 Å². The van der Waals surface area contributed by atoms with E-state index in [1.54, 1.807) is 12.4 Å². The number of hydrogen-bond acceptors (Lipinski definition) is 5. The lowest BCUT2D eigenvalue weighted by Gasteiger charge is -2.11. The monoisotopic (exact) mass is 429 g/mol. The van der Waals surface area contributed by atoms with Crippen molar-refractivity contribution in [3.8, 4) is 17.1 Å². The van der Waals surface area contributed by atoms with Gasteiger partial charge in [-0.25, -0.2) is 0 Å². The second-order valence-corrected chi connectivity index (χ2v) is 8.05. The minimum Gasteiger partial charge on any atom is -0.325 e.